The van der Waals surface area contributed by atoms with E-state index in [0.717, 1.165) is 16.7 Å². The van der Waals surface area contributed by atoms with Gasteiger partial charge in [0.15, 0.2) is 17.5 Å². The first-order chi connectivity index (χ1) is 11.5. The minimum Gasteiger partial charge on any atom is -0.489 e. The number of benzene rings is 1. The third-order valence-corrected chi connectivity index (χ3v) is 4.57. The molecule has 0 amide bonds. The number of guanidine groups is 1. The van der Waals surface area contributed by atoms with Crippen LogP contribution in [0.15, 0.2) is 29.3 Å². The van der Waals surface area contributed by atoms with E-state index in [2.05, 4.69) is 15.3 Å². The van der Waals surface area contributed by atoms with Crippen molar-refractivity contribution in [3.8, 4) is 5.75 Å². The van der Waals surface area contributed by atoms with E-state index in [-0.39, 0.29) is 11.6 Å². The van der Waals surface area contributed by atoms with Gasteiger partial charge < -0.3 is 15.0 Å². The average Bonchev–Trinajstić information content (AvgIpc) is 2.87. The van der Waals surface area contributed by atoms with E-state index in [0.29, 0.717) is 19.7 Å². The largest absolute Gasteiger partial charge is 0.489 e. The Morgan fingerprint density at radius 1 is 1.38 bits per heavy atom. The van der Waals surface area contributed by atoms with Crippen molar-refractivity contribution in [3.05, 3.63) is 45.7 Å². The molecule has 0 radical (unpaired) electrons. The molecule has 0 unspecified atom stereocenters. The first-order valence-electron chi connectivity index (χ1n) is 7.73. The SMILES string of the molecule is CN=C(NCc1sc(C)nc1C)N(C)CCOc1ccccc1F. The van der Waals surface area contributed by atoms with Gasteiger partial charge in [-0.3, -0.25) is 4.99 Å². The Kier molecular flexibility index (Phi) is 6.54. The molecule has 2 rings (SSSR count). The number of aryl methyl sites for hydroxylation is 2. The fraction of sp³-hybridized carbons (Fsp3) is 0.412. The van der Waals surface area contributed by atoms with E-state index < -0.39 is 0 Å². The summed E-state index contributed by atoms with van der Waals surface area (Å²) in [6, 6.07) is 6.40. The van der Waals surface area contributed by atoms with Gasteiger partial charge in [-0.2, -0.15) is 0 Å². The molecule has 0 fully saturated rings. The summed E-state index contributed by atoms with van der Waals surface area (Å²) >= 11 is 1.68. The number of halogens is 1. The standard InChI is InChI=1S/C17H23FN4OS/c1-12-16(24-13(2)21-12)11-20-17(19-3)22(4)9-10-23-15-8-6-5-7-14(15)18/h5-8H,9-11H2,1-4H3,(H,19,20). The van der Waals surface area contributed by atoms with Crippen molar-refractivity contribution in [2.24, 2.45) is 4.99 Å². The summed E-state index contributed by atoms with van der Waals surface area (Å²) in [5.74, 6) is 0.681. The molecular weight excluding hydrogens is 327 g/mol. The number of nitrogens with one attached hydrogen (secondary N) is 1. The van der Waals surface area contributed by atoms with Gasteiger partial charge in [0.1, 0.15) is 6.61 Å². The number of ether oxygens (including phenoxy) is 1. The van der Waals surface area contributed by atoms with E-state index >= 15 is 0 Å². The van der Waals surface area contributed by atoms with E-state index in [1.165, 1.54) is 10.9 Å². The second kappa shape index (κ2) is 8.63. The molecule has 0 spiro atoms. The zero-order chi connectivity index (χ0) is 17.5. The predicted octanol–water partition coefficient (Wildman–Crippen LogP) is 2.99. The minimum atomic E-state index is -0.348. The molecule has 7 heteroatoms. The van der Waals surface area contributed by atoms with Crippen LogP contribution in [0.4, 0.5) is 4.39 Å². The van der Waals surface area contributed by atoms with Crippen molar-refractivity contribution in [2.75, 3.05) is 27.2 Å². The molecule has 24 heavy (non-hydrogen) atoms. The van der Waals surface area contributed by atoms with Gasteiger partial charge >= 0.3 is 0 Å². The number of aromatic nitrogens is 1. The maximum atomic E-state index is 13.5. The molecule has 0 aliphatic heterocycles. The molecule has 1 N–H and O–H groups in total. The van der Waals surface area contributed by atoms with E-state index in [1.54, 1.807) is 36.6 Å². The summed E-state index contributed by atoms with van der Waals surface area (Å²) in [5.41, 5.74) is 1.05. The molecule has 5 nitrogen and oxygen atoms in total. The van der Waals surface area contributed by atoms with Crippen LogP contribution in [0, 0.1) is 19.7 Å². The lowest BCUT2D eigenvalue weighted by Crippen LogP contribution is -2.40. The van der Waals surface area contributed by atoms with Gasteiger partial charge in [-0.15, -0.1) is 11.3 Å². The molecule has 0 saturated carbocycles. The zero-order valence-electron chi connectivity index (χ0n) is 14.5. The maximum Gasteiger partial charge on any atom is 0.193 e. The highest BCUT2D eigenvalue weighted by molar-refractivity contribution is 7.11. The Hall–Kier alpha value is -2.15. The fourth-order valence-corrected chi connectivity index (χ4v) is 3.12. The molecule has 1 heterocycles. The van der Waals surface area contributed by atoms with Gasteiger partial charge in [-0.1, -0.05) is 12.1 Å². The lowest BCUT2D eigenvalue weighted by molar-refractivity contribution is 0.270. The Morgan fingerprint density at radius 3 is 2.75 bits per heavy atom. The van der Waals surface area contributed by atoms with Crippen LogP contribution in [0.25, 0.3) is 0 Å². The maximum absolute atomic E-state index is 13.5. The van der Waals surface area contributed by atoms with Crippen molar-refractivity contribution >= 4 is 17.3 Å². The molecule has 1 aromatic heterocycles. The molecule has 2 aromatic rings. The summed E-state index contributed by atoms with van der Waals surface area (Å²) < 4.78 is 19.0. The van der Waals surface area contributed by atoms with Gasteiger partial charge in [-0.05, 0) is 26.0 Å². The Bertz CT molecular complexity index is 702. The van der Waals surface area contributed by atoms with Crippen LogP contribution in [0.1, 0.15) is 15.6 Å². The summed E-state index contributed by atoms with van der Waals surface area (Å²) in [6.45, 7) is 5.66. The first-order valence-corrected chi connectivity index (χ1v) is 8.55. The van der Waals surface area contributed by atoms with Crippen molar-refractivity contribution < 1.29 is 9.13 Å². The molecule has 0 bridgehead atoms. The number of nitrogens with zero attached hydrogens (tertiary/aromatic N) is 3. The van der Waals surface area contributed by atoms with E-state index in [9.17, 15) is 4.39 Å². The summed E-state index contributed by atoms with van der Waals surface area (Å²) in [5, 5.41) is 4.38. The van der Waals surface area contributed by atoms with Gasteiger partial charge in [0.2, 0.25) is 0 Å². The minimum absolute atomic E-state index is 0.268. The topological polar surface area (TPSA) is 49.8 Å². The predicted molar refractivity (Wildman–Crippen MR) is 96.3 cm³/mol. The van der Waals surface area contributed by atoms with Crippen molar-refractivity contribution in [1.29, 1.82) is 0 Å². The van der Waals surface area contributed by atoms with Crippen LogP contribution in [0.5, 0.6) is 5.75 Å². The van der Waals surface area contributed by atoms with Gasteiger partial charge in [0, 0.05) is 19.0 Å². The fourth-order valence-electron chi connectivity index (χ4n) is 2.24. The second-order valence-corrected chi connectivity index (χ2v) is 6.63. The molecule has 130 valence electrons. The van der Waals surface area contributed by atoms with Crippen LogP contribution in [-0.2, 0) is 6.54 Å². The third kappa shape index (κ3) is 4.92. The highest BCUT2D eigenvalue weighted by atomic mass is 32.1. The molecule has 0 aliphatic rings. The Labute approximate surface area is 146 Å². The Balaban J connectivity index is 1.82. The molecule has 0 aliphatic carbocycles. The van der Waals surface area contributed by atoms with Crippen LogP contribution in [-0.4, -0.2) is 43.1 Å². The average molecular weight is 350 g/mol. The lowest BCUT2D eigenvalue weighted by atomic mass is 10.3. The zero-order valence-corrected chi connectivity index (χ0v) is 15.3. The lowest BCUT2D eigenvalue weighted by Gasteiger charge is -2.22. The number of para-hydroxylation sites is 1. The highest BCUT2D eigenvalue weighted by Crippen LogP contribution is 2.17. The number of hydrogen-bond donors (Lipinski definition) is 1. The number of likely N-dealkylation sites (N-methyl/N-ethyl adjacent to an activating group) is 1. The third-order valence-electron chi connectivity index (χ3n) is 3.50. The quantitative estimate of drug-likeness (QED) is 0.643. The highest BCUT2D eigenvalue weighted by Gasteiger charge is 2.09. The van der Waals surface area contributed by atoms with Crippen LogP contribution >= 0.6 is 11.3 Å². The molecule has 1 aromatic carbocycles. The number of aliphatic imine (C=N–C) groups is 1. The second-order valence-electron chi connectivity index (χ2n) is 5.34. The van der Waals surface area contributed by atoms with Crippen molar-refractivity contribution in [1.82, 2.24) is 15.2 Å². The Morgan fingerprint density at radius 2 is 2.12 bits per heavy atom. The molecule has 0 saturated heterocycles. The number of hydrogen-bond acceptors (Lipinski definition) is 4. The van der Waals surface area contributed by atoms with E-state index in [4.69, 9.17) is 4.74 Å². The molecular formula is C17H23FN4OS. The van der Waals surface area contributed by atoms with Crippen molar-refractivity contribution in [2.45, 2.75) is 20.4 Å². The van der Waals surface area contributed by atoms with Crippen LogP contribution < -0.4 is 10.1 Å². The van der Waals surface area contributed by atoms with E-state index in [1.807, 2.05) is 25.8 Å². The number of rotatable bonds is 6. The van der Waals surface area contributed by atoms with Crippen molar-refractivity contribution in [3.63, 3.8) is 0 Å². The summed E-state index contributed by atoms with van der Waals surface area (Å²) in [7, 11) is 3.66. The monoisotopic (exact) mass is 350 g/mol. The van der Waals surface area contributed by atoms with Crippen LogP contribution in [0.2, 0.25) is 0 Å². The van der Waals surface area contributed by atoms with Gasteiger partial charge in [0.05, 0.1) is 23.8 Å². The first kappa shape index (κ1) is 18.2. The molecule has 0 atom stereocenters. The normalized spacial score (nSPS) is 11.5. The van der Waals surface area contributed by atoms with Gasteiger partial charge in [-0.25, -0.2) is 9.37 Å². The number of thiazole rings is 1. The summed E-state index contributed by atoms with van der Waals surface area (Å²) in [4.78, 5) is 11.8. The smallest absolute Gasteiger partial charge is 0.193 e. The summed E-state index contributed by atoms with van der Waals surface area (Å²) in [6.07, 6.45) is 0. The van der Waals surface area contributed by atoms with Gasteiger partial charge in [0.25, 0.3) is 0 Å². The van der Waals surface area contributed by atoms with Crippen LogP contribution in [0.3, 0.4) is 0 Å².